The maximum Gasteiger partial charge on any atom is 0.407 e. The third-order valence-corrected chi connectivity index (χ3v) is 8.83. The smallest absolute Gasteiger partial charge is 0.407 e. The molecule has 2 amide bonds. The molecule has 0 aliphatic carbocycles. The molecule has 0 radical (unpaired) electrons. The molecule has 2 saturated heterocycles. The molecule has 232 valence electrons. The number of carboxylic acid groups (broad SMARTS) is 1. The van der Waals surface area contributed by atoms with Crippen LogP contribution in [0, 0.1) is 10.8 Å². The molecule has 4 aliphatic rings. The fourth-order valence-electron chi connectivity index (χ4n) is 5.97. The number of nitrogens with zero attached hydrogens (tertiary/aromatic N) is 2. The van der Waals surface area contributed by atoms with Crippen LogP contribution in [0.5, 0.6) is 5.75 Å². The van der Waals surface area contributed by atoms with Gasteiger partial charge in [0.15, 0.2) is 12.5 Å². The number of carboxylic acids is 1. The second-order valence-electron chi connectivity index (χ2n) is 13.6. The van der Waals surface area contributed by atoms with Crippen molar-refractivity contribution in [3.63, 3.8) is 0 Å². The topological polar surface area (TPSA) is 130 Å². The Labute approximate surface area is 251 Å². The van der Waals surface area contributed by atoms with E-state index in [0.717, 1.165) is 36.1 Å². The highest BCUT2D eigenvalue weighted by atomic mass is 35.5. The van der Waals surface area contributed by atoms with Gasteiger partial charge in [-0.1, -0.05) is 46.2 Å². The molecule has 5 rings (SSSR count). The lowest BCUT2D eigenvalue weighted by atomic mass is 9.85. The van der Waals surface area contributed by atoms with Crippen molar-refractivity contribution in [3.8, 4) is 5.75 Å². The van der Waals surface area contributed by atoms with Crippen LogP contribution in [-0.2, 0) is 36.9 Å². The first-order valence-corrected chi connectivity index (χ1v) is 15.1. The summed E-state index contributed by atoms with van der Waals surface area (Å²) in [6.45, 7) is 11.5. The molecule has 6 atom stereocenters. The van der Waals surface area contributed by atoms with Gasteiger partial charge in [-0.15, -0.1) is 0 Å². The number of alkyl carbamates (subject to hydrolysis) is 1. The van der Waals surface area contributed by atoms with E-state index in [4.69, 9.17) is 30.5 Å². The number of aliphatic carboxylic acids is 1. The van der Waals surface area contributed by atoms with Crippen molar-refractivity contribution in [2.75, 3.05) is 19.8 Å². The van der Waals surface area contributed by atoms with Crippen molar-refractivity contribution in [2.45, 2.75) is 104 Å². The summed E-state index contributed by atoms with van der Waals surface area (Å²) in [4.78, 5) is 42.3. The van der Waals surface area contributed by atoms with Crippen LogP contribution < -0.4 is 10.1 Å². The van der Waals surface area contributed by atoms with Gasteiger partial charge in [-0.3, -0.25) is 9.69 Å². The molecule has 4 aliphatic heterocycles. The molecule has 1 aromatic rings. The lowest BCUT2D eigenvalue weighted by Crippen LogP contribution is -2.57. The van der Waals surface area contributed by atoms with Gasteiger partial charge in [-0.05, 0) is 47.8 Å². The molecule has 0 saturated carbocycles. The number of cyclic esters (lactones) is 1. The van der Waals surface area contributed by atoms with E-state index in [1.165, 1.54) is 4.90 Å². The summed E-state index contributed by atoms with van der Waals surface area (Å²) in [7, 11) is 0. The van der Waals surface area contributed by atoms with Crippen LogP contribution in [0.15, 0.2) is 12.1 Å². The van der Waals surface area contributed by atoms with Gasteiger partial charge in [0.2, 0.25) is 5.91 Å². The van der Waals surface area contributed by atoms with Crippen LogP contribution in [0.2, 0.25) is 5.02 Å². The number of carbonyl (C=O) groups excluding carboxylic acids is 2. The van der Waals surface area contributed by atoms with Crippen molar-refractivity contribution in [3.05, 3.63) is 28.3 Å². The van der Waals surface area contributed by atoms with Crippen molar-refractivity contribution in [2.24, 2.45) is 10.8 Å². The number of rotatable bonds is 1. The quantitative estimate of drug-likeness (QED) is 0.452. The minimum atomic E-state index is -1.12. The van der Waals surface area contributed by atoms with Gasteiger partial charge in [0.1, 0.15) is 17.8 Å². The molecule has 6 unspecified atom stereocenters. The Morgan fingerprint density at radius 3 is 2.55 bits per heavy atom. The fraction of sp³-hybridized carbons (Fsp3) is 0.700. The summed E-state index contributed by atoms with van der Waals surface area (Å²) in [6, 6.07) is 1.69. The molecule has 4 heterocycles. The number of fused-ring (bicyclic) bond motifs is 5. The van der Waals surface area contributed by atoms with Crippen LogP contribution in [0.3, 0.4) is 0 Å². The van der Waals surface area contributed by atoms with Crippen LogP contribution in [0.1, 0.15) is 71.4 Å². The highest BCUT2D eigenvalue weighted by Gasteiger charge is 2.52. The minimum Gasteiger partial charge on any atom is -0.493 e. The molecule has 12 heteroatoms. The maximum absolute atomic E-state index is 13.8. The van der Waals surface area contributed by atoms with Crippen LogP contribution in [-0.4, -0.2) is 83.3 Å². The number of ether oxygens (including phenoxy) is 4. The third-order valence-electron chi connectivity index (χ3n) is 8.48. The summed E-state index contributed by atoms with van der Waals surface area (Å²) < 4.78 is 23.8. The SMILES string of the molecule is CC1(C)CCCCOc2ccc(Cl)c3c2CN(C3)C2OC2OC2CC(C(=O)O)N(C2)C(=O)C(C(C)(C)C)NC(=O)OC1. The zero-order chi connectivity index (χ0) is 30.4. The zero-order valence-electron chi connectivity index (χ0n) is 25.0. The predicted molar refractivity (Wildman–Crippen MR) is 153 cm³/mol. The van der Waals surface area contributed by atoms with E-state index in [0.29, 0.717) is 24.7 Å². The molecule has 2 fully saturated rings. The Hall–Kier alpha value is -2.60. The fourth-order valence-corrected chi connectivity index (χ4v) is 6.21. The first-order chi connectivity index (χ1) is 19.7. The predicted octanol–water partition coefficient (Wildman–Crippen LogP) is 4.14. The lowest BCUT2D eigenvalue weighted by molar-refractivity contribution is -0.150. The summed E-state index contributed by atoms with van der Waals surface area (Å²) in [6.07, 6.45) is 0.535. The molecule has 1 aromatic carbocycles. The number of carbonyl (C=O) groups is 3. The summed E-state index contributed by atoms with van der Waals surface area (Å²) in [5, 5.41) is 13.4. The zero-order valence-corrected chi connectivity index (χ0v) is 25.7. The molecular formula is C30H42ClN3O8. The van der Waals surface area contributed by atoms with E-state index >= 15 is 0 Å². The van der Waals surface area contributed by atoms with E-state index in [2.05, 4.69) is 10.2 Å². The van der Waals surface area contributed by atoms with E-state index in [9.17, 15) is 19.5 Å². The minimum absolute atomic E-state index is 0.0722. The number of hydrogen-bond donors (Lipinski definition) is 2. The highest BCUT2D eigenvalue weighted by molar-refractivity contribution is 6.31. The average Bonchev–Trinajstić information content (AvgIpc) is 3.30. The van der Waals surface area contributed by atoms with E-state index in [1.807, 2.05) is 46.8 Å². The summed E-state index contributed by atoms with van der Waals surface area (Å²) >= 11 is 6.55. The Bertz CT molecular complexity index is 1220. The van der Waals surface area contributed by atoms with Gasteiger partial charge in [0, 0.05) is 36.6 Å². The van der Waals surface area contributed by atoms with Gasteiger partial charge in [-0.25, -0.2) is 9.59 Å². The monoisotopic (exact) mass is 607 g/mol. The van der Waals surface area contributed by atoms with Gasteiger partial charge in [-0.2, -0.15) is 0 Å². The number of epoxide rings is 1. The van der Waals surface area contributed by atoms with Crippen LogP contribution in [0.4, 0.5) is 4.79 Å². The molecule has 4 bridgehead atoms. The second kappa shape index (κ2) is 11.8. The molecule has 11 nitrogen and oxygen atoms in total. The number of amides is 2. The highest BCUT2D eigenvalue weighted by Crippen LogP contribution is 2.42. The Kier molecular flexibility index (Phi) is 8.68. The molecular weight excluding hydrogens is 566 g/mol. The summed E-state index contributed by atoms with van der Waals surface area (Å²) in [5.41, 5.74) is 1.06. The maximum atomic E-state index is 13.8. The van der Waals surface area contributed by atoms with Crippen molar-refractivity contribution in [1.29, 1.82) is 0 Å². The first kappa shape index (κ1) is 30.8. The number of halogens is 1. The van der Waals surface area contributed by atoms with Gasteiger partial charge in [0.05, 0.1) is 19.3 Å². The molecule has 42 heavy (non-hydrogen) atoms. The number of hydrogen-bond acceptors (Lipinski definition) is 8. The number of benzene rings is 1. The van der Waals surface area contributed by atoms with E-state index in [1.54, 1.807) is 0 Å². The normalized spacial score (nSPS) is 32.0. The largest absolute Gasteiger partial charge is 0.493 e. The van der Waals surface area contributed by atoms with Crippen molar-refractivity contribution < 1.29 is 38.4 Å². The Balaban J connectivity index is 1.37. The van der Waals surface area contributed by atoms with Crippen molar-refractivity contribution >= 4 is 29.6 Å². The molecule has 2 N–H and O–H groups in total. The lowest BCUT2D eigenvalue weighted by Gasteiger charge is -2.34. The first-order valence-electron chi connectivity index (χ1n) is 14.7. The van der Waals surface area contributed by atoms with E-state index < -0.39 is 47.9 Å². The standard InChI is InChI=1S/C30H42ClN3O8/c1-29(2,3)23-24(35)34-13-17(12-21(34)26(36)37)41-27-25(42-27)33-14-18-19(15-33)22(9-8-20(18)31)39-11-7-6-10-30(4,5)16-40-28(38)32-23/h8-9,17,21,23,25,27H,6-7,10-16H2,1-5H3,(H,32,38)(H,36,37). The second-order valence-corrected chi connectivity index (χ2v) is 14.0. The van der Waals surface area contributed by atoms with Crippen LogP contribution >= 0.6 is 11.6 Å². The Morgan fingerprint density at radius 2 is 1.83 bits per heavy atom. The van der Waals surface area contributed by atoms with Crippen molar-refractivity contribution in [1.82, 2.24) is 15.1 Å². The van der Waals surface area contributed by atoms with Gasteiger partial charge < -0.3 is 34.3 Å². The average molecular weight is 608 g/mol. The Morgan fingerprint density at radius 1 is 1.10 bits per heavy atom. The third kappa shape index (κ3) is 6.79. The van der Waals surface area contributed by atoms with Gasteiger partial charge in [0.25, 0.3) is 0 Å². The molecule has 0 aromatic heterocycles. The van der Waals surface area contributed by atoms with Crippen LogP contribution in [0.25, 0.3) is 0 Å². The number of nitrogens with one attached hydrogen (secondary N) is 1. The van der Waals surface area contributed by atoms with Gasteiger partial charge >= 0.3 is 12.1 Å². The summed E-state index contributed by atoms with van der Waals surface area (Å²) in [5.74, 6) is -0.800. The van der Waals surface area contributed by atoms with E-state index in [-0.39, 0.29) is 31.2 Å². The molecule has 0 spiro atoms.